The fourth-order valence-corrected chi connectivity index (χ4v) is 11.3. The lowest BCUT2D eigenvalue weighted by Crippen LogP contribution is -2.61. The molecule has 19 atom stereocenters. The summed E-state index contributed by atoms with van der Waals surface area (Å²) in [5.41, 5.74) is 2.22. The highest BCUT2D eigenvalue weighted by molar-refractivity contribution is 5.79. The van der Waals surface area contributed by atoms with Crippen LogP contribution in [0.4, 0.5) is 0 Å². The van der Waals surface area contributed by atoms with Gasteiger partial charge in [0, 0.05) is 38.5 Å². The van der Waals surface area contributed by atoms with Crippen molar-refractivity contribution in [3.05, 3.63) is 24.3 Å². The van der Waals surface area contributed by atoms with Gasteiger partial charge in [0.2, 0.25) is 0 Å². The van der Waals surface area contributed by atoms with Gasteiger partial charge in [0.25, 0.3) is 0 Å². The van der Waals surface area contributed by atoms with Crippen LogP contribution in [0.5, 0.6) is 0 Å². The number of Topliss-reactive ketones (excluding diaryl/α,β-unsaturated/α-hetero) is 1. The number of hydrogen-bond donors (Lipinski definition) is 2. The van der Waals surface area contributed by atoms with Crippen LogP contribution in [0.1, 0.15) is 97.3 Å². The number of fused-ring (bicyclic) bond motifs is 6. The fraction of sp³-hybridized carbons (Fsp3) is 0.875. The monoisotopic (exact) mass is 714 g/mol. The Morgan fingerprint density at radius 1 is 0.745 bits per heavy atom. The van der Waals surface area contributed by atoms with E-state index < -0.39 is 11.9 Å². The quantitative estimate of drug-likeness (QED) is 0.410. The van der Waals surface area contributed by atoms with E-state index in [4.69, 9.17) is 37.9 Å². The van der Waals surface area contributed by atoms with Gasteiger partial charge in [-0.1, -0.05) is 27.0 Å². The van der Waals surface area contributed by atoms with E-state index in [1.165, 1.54) is 0 Å². The summed E-state index contributed by atoms with van der Waals surface area (Å²) in [6.45, 7) is 12.9. The first kappa shape index (κ1) is 35.5. The number of carbonyl (C=O) groups is 1. The molecule has 0 aromatic rings. The van der Waals surface area contributed by atoms with E-state index >= 15 is 0 Å². The summed E-state index contributed by atoms with van der Waals surface area (Å²) in [7, 11) is 0. The van der Waals surface area contributed by atoms with Gasteiger partial charge in [-0.05, 0) is 73.8 Å². The van der Waals surface area contributed by atoms with Crippen molar-refractivity contribution in [2.24, 2.45) is 17.8 Å². The highest BCUT2D eigenvalue weighted by atomic mass is 16.8. The normalized spacial score (nSPS) is 53.2. The zero-order valence-electron chi connectivity index (χ0n) is 30.3. The molecular formula is C40H58O11. The van der Waals surface area contributed by atoms with Crippen molar-refractivity contribution < 1.29 is 52.9 Å². The summed E-state index contributed by atoms with van der Waals surface area (Å²) in [5.74, 6) is -0.367. The SMILES string of the molecule is C=C1C[C@@H]2CC[C@@]34C[C@H]5O[C@H]6[C@@H](O3)[C@H]3OC(CC[C@@H]3O[C@H]6C5O4)CC(=O)CC3[C@H](CC4O[C@@H](CCC1O2)C[C@@H](C)C4=C)O[C@H](C[C@H](O)CO)[C@@H]3C. The van der Waals surface area contributed by atoms with Gasteiger partial charge in [0.1, 0.15) is 36.3 Å². The first-order valence-electron chi connectivity index (χ1n) is 20.0. The van der Waals surface area contributed by atoms with Crippen molar-refractivity contribution in [2.75, 3.05) is 6.61 Å². The van der Waals surface area contributed by atoms with E-state index in [2.05, 4.69) is 27.0 Å². The number of aliphatic hydroxyl groups excluding tert-OH is 2. The zero-order chi connectivity index (χ0) is 35.2. The molecule has 11 nitrogen and oxygen atoms in total. The smallest absolute Gasteiger partial charge is 0.172 e. The molecule has 10 saturated heterocycles. The van der Waals surface area contributed by atoms with Gasteiger partial charge >= 0.3 is 0 Å². The van der Waals surface area contributed by atoms with Gasteiger partial charge in [-0.15, -0.1) is 0 Å². The second kappa shape index (κ2) is 13.8. The summed E-state index contributed by atoms with van der Waals surface area (Å²) in [6, 6.07) is 0. The van der Waals surface area contributed by atoms with E-state index in [0.29, 0.717) is 44.4 Å². The van der Waals surface area contributed by atoms with E-state index in [-0.39, 0.29) is 110 Å². The van der Waals surface area contributed by atoms with Gasteiger partial charge in [-0.25, -0.2) is 0 Å². The highest BCUT2D eigenvalue weighted by Gasteiger charge is 2.68. The fourth-order valence-electron chi connectivity index (χ4n) is 11.3. The summed E-state index contributed by atoms with van der Waals surface area (Å²) < 4.78 is 53.9. The number of aliphatic hydroxyl groups is 2. The summed E-state index contributed by atoms with van der Waals surface area (Å²) in [6.07, 6.45) is 5.65. The predicted molar refractivity (Wildman–Crippen MR) is 183 cm³/mol. The standard InChI is InChI=1S/C40H58O11/c1-19-11-25-5-7-29-20(2)12-27(44-29)9-10-40-17-34-36(50-40)37-38(49-34)39(51-40)35-30(48-37)8-6-26(46-35)13-23(42)14-28-22(4)31(15-24(43)18-41)47-33(28)16-32(45-25)21(19)3/h19,22,24-39,41,43H,2-3,5-18H2,1,4H3/t19-,22-,24+,25+,26?,27+,28?,29?,30+,31-,32?,33+,34-,35+,36?,37+,38-,39+,40+/m1/s1. The molecule has 10 aliphatic rings. The minimum atomic E-state index is -0.872. The molecule has 0 aliphatic carbocycles. The van der Waals surface area contributed by atoms with Crippen molar-refractivity contribution >= 4 is 5.78 Å². The molecule has 51 heavy (non-hydrogen) atoms. The van der Waals surface area contributed by atoms with Gasteiger partial charge in [-0.2, -0.15) is 0 Å². The molecule has 10 heterocycles. The maximum Gasteiger partial charge on any atom is 0.172 e. The Morgan fingerprint density at radius 2 is 1.49 bits per heavy atom. The average Bonchev–Trinajstić information content (AvgIpc) is 3.77. The number of rotatable bonds is 3. The summed E-state index contributed by atoms with van der Waals surface area (Å²) >= 11 is 0. The molecule has 1 spiro atoms. The molecule has 0 amide bonds. The maximum atomic E-state index is 14.0. The Morgan fingerprint density at radius 3 is 2.33 bits per heavy atom. The van der Waals surface area contributed by atoms with Crippen LogP contribution in [-0.2, 0) is 42.7 Å². The van der Waals surface area contributed by atoms with Gasteiger partial charge < -0.3 is 48.1 Å². The van der Waals surface area contributed by atoms with E-state index in [1.807, 2.05) is 0 Å². The van der Waals surface area contributed by atoms with Crippen LogP contribution in [0.2, 0.25) is 0 Å². The third-order valence-electron chi connectivity index (χ3n) is 14.1. The van der Waals surface area contributed by atoms with Crippen LogP contribution in [0, 0.1) is 17.8 Å². The summed E-state index contributed by atoms with van der Waals surface area (Å²) in [4.78, 5) is 14.0. The van der Waals surface area contributed by atoms with Crippen LogP contribution in [0.15, 0.2) is 24.3 Å². The molecule has 12 bridgehead atoms. The molecule has 284 valence electrons. The topological polar surface area (TPSA) is 131 Å². The Hall–Kier alpha value is -1.25. The molecule has 10 aliphatic heterocycles. The third kappa shape index (κ3) is 6.53. The predicted octanol–water partition coefficient (Wildman–Crippen LogP) is 4.09. The molecule has 5 unspecified atom stereocenters. The molecule has 11 heteroatoms. The minimum Gasteiger partial charge on any atom is -0.394 e. The molecule has 0 aromatic carbocycles. The molecule has 10 rings (SSSR count). The van der Waals surface area contributed by atoms with Crippen LogP contribution in [0.25, 0.3) is 0 Å². The summed E-state index contributed by atoms with van der Waals surface area (Å²) in [5, 5.41) is 20.0. The Kier molecular flexibility index (Phi) is 9.59. The van der Waals surface area contributed by atoms with E-state index in [1.54, 1.807) is 0 Å². The van der Waals surface area contributed by atoms with E-state index in [0.717, 1.165) is 56.1 Å². The van der Waals surface area contributed by atoms with Crippen molar-refractivity contribution in [3.8, 4) is 0 Å². The van der Waals surface area contributed by atoms with Crippen LogP contribution in [-0.4, -0.2) is 120 Å². The van der Waals surface area contributed by atoms with Crippen molar-refractivity contribution in [1.29, 1.82) is 0 Å². The third-order valence-corrected chi connectivity index (χ3v) is 14.1. The van der Waals surface area contributed by atoms with Gasteiger partial charge in [0.05, 0.1) is 67.6 Å². The van der Waals surface area contributed by atoms with Crippen LogP contribution >= 0.6 is 0 Å². The molecular weight excluding hydrogens is 656 g/mol. The second-order valence-electron chi connectivity index (χ2n) is 17.5. The van der Waals surface area contributed by atoms with Gasteiger partial charge in [0.15, 0.2) is 5.79 Å². The Labute approximate surface area is 301 Å². The molecule has 0 aromatic heterocycles. The minimum absolute atomic E-state index is 0.00894. The van der Waals surface area contributed by atoms with E-state index in [9.17, 15) is 15.0 Å². The van der Waals surface area contributed by atoms with Crippen LogP contribution in [0.3, 0.4) is 0 Å². The first-order valence-corrected chi connectivity index (χ1v) is 20.0. The number of hydrogen-bond acceptors (Lipinski definition) is 11. The number of ketones is 1. The zero-order valence-corrected chi connectivity index (χ0v) is 30.3. The molecule has 10 fully saturated rings. The van der Waals surface area contributed by atoms with Gasteiger partial charge in [-0.3, -0.25) is 4.79 Å². The molecule has 2 N–H and O–H groups in total. The Bertz CT molecular complexity index is 1360. The highest BCUT2D eigenvalue weighted by Crippen LogP contribution is 2.54. The van der Waals surface area contributed by atoms with Crippen molar-refractivity contribution in [3.63, 3.8) is 0 Å². The second-order valence-corrected chi connectivity index (χ2v) is 17.5. The first-order chi connectivity index (χ1) is 24.6. The van der Waals surface area contributed by atoms with Crippen LogP contribution < -0.4 is 0 Å². The molecule has 0 saturated carbocycles. The lowest BCUT2D eigenvalue weighted by molar-refractivity contribution is -0.292. The van der Waals surface area contributed by atoms with Crippen molar-refractivity contribution in [2.45, 2.75) is 195 Å². The number of ether oxygens (including phenoxy) is 8. The number of carbonyl (C=O) groups excluding carboxylic acids is 1. The lowest BCUT2D eigenvalue weighted by atomic mass is 9.79. The average molecular weight is 715 g/mol. The maximum absolute atomic E-state index is 14.0. The largest absolute Gasteiger partial charge is 0.394 e. The Balaban J connectivity index is 0.986. The molecule has 0 radical (unpaired) electrons. The lowest BCUT2D eigenvalue weighted by Gasteiger charge is -2.47. The van der Waals surface area contributed by atoms with Crippen molar-refractivity contribution in [1.82, 2.24) is 0 Å².